The molecule has 3 aliphatic rings. The minimum atomic E-state index is 0.345. The number of hydrogen-bond donors (Lipinski definition) is 0. The minimum absolute atomic E-state index is 0.345. The smallest absolute Gasteiger partial charge is 0.0319 e. The number of fused-ring (bicyclic) bond motifs is 3. The van der Waals surface area contributed by atoms with Crippen molar-refractivity contribution < 1.29 is 0 Å². The molecule has 0 heteroatoms. The van der Waals surface area contributed by atoms with Crippen LogP contribution in [0.1, 0.15) is 82.8 Å². The second-order valence-electron chi connectivity index (χ2n) is 7.68. The number of rotatable bonds is 4. The molecule has 3 saturated carbocycles. The van der Waals surface area contributed by atoms with Gasteiger partial charge in [0, 0.05) is 11.0 Å². The molecule has 3 fully saturated rings. The summed E-state index contributed by atoms with van der Waals surface area (Å²) < 4.78 is 0. The highest BCUT2D eigenvalue weighted by atomic mass is 14.5. The Morgan fingerprint density at radius 1 is 0.909 bits per heavy atom. The Morgan fingerprint density at radius 2 is 1.55 bits per heavy atom. The molecule has 3 aliphatic carbocycles. The molecule has 0 atom stereocenters. The van der Waals surface area contributed by atoms with Crippen LogP contribution in [0.25, 0.3) is 0 Å². The van der Waals surface area contributed by atoms with E-state index in [4.69, 9.17) is 0 Å². The average molecular weight is 294 g/mol. The van der Waals surface area contributed by atoms with Crippen molar-refractivity contribution in [2.75, 3.05) is 0 Å². The maximum absolute atomic E-state index is 3.70. The molecule has 1 aromatic rings. The lowest BCUT2D eigenvalue weighted by atomic mass is 9.53. The highest BCUT2D eigenvalue weighted by Crippen LogP contribution is 2.58. The van der Waals surface area contributed by atoms with Crippen molar-refractivity contribution >= 4 is 0 Å². The second-order valence-corrected chi connectivity index (χ2v) is 7.68. The van der Waals surface area contributed by atoms with E-state index in [2.05, 4.69) is 50.0 Å². The van der Waals surface area contributed by atoms with Gasteiger partial charge in [-0.1, -0.05) is 50.7 Å². The summed E-state index contributed by atoms with van der Waals surface area (Å²) in [6.07, 6.45) is 13.7. The second kappa shape index (κ2) is 6.49. The summed E-state index contributed by atoms with van der Waals surface area (Å²) in [6, 6.07) is 8.83. The average Bonchev–Trinajstić information content (AvgIpc) is 2.60. The van der Waals surface area contributed by atoms with Crippen molar-refractivity contribution in [1.82, 2.24) is 0 Å². The van der Waals surface area contributed by atoms with Crippen LogP contribution in [0.4, 0.5) is 0 Å². The summed E-state index contributed by atoms with van der Waals surface area (Å²) in [5, 5.41) is 0. The SMILES string of the molecule is CCCCC12CCC(C#Cc3ccc(CC)cc3)(CC1)CC2. The molecule has 0 nitrogen and oxygen atoms in total. The van der Waals surface area contributed by atoms with Gasteiger partial charge in [0.05, 0.1) is 0 Å². The van der Waals surface area contributed by atoms with E-state index in [9.17, 15) is 0 Å². The van der Waals surface area contributed by atoms with Crippen molar-refractivity contribution in [3.05, 3.63) is 35.4 Å². The summed E-state index contributed by atoms with van der Waals surface area (Å²) in [5.74, 6) is 7.19. The molecule has 0 saturated heterocycles. The zero-order valence-corrected chi connectivity index (χ0v) is 14.4. The molecule has 0 aliphatic heterocycles. The molecule has 4 rings (SSSR count). The van der Waals surface area contributed by atoms with Crippen molar-refractivity contribution in [2.24, 2.45) is 10.8 Å². The zero-order valence-electron chi connectivity index (χ0n) is 14.4. The predicted molar refractivity (Wildman–Crippen MR) is 94.8 cm³/mol. The summed E-state index contributed by atoms with van der Waals surface area (Å²) >= 11 is 0. The lowest BCUT2D eigenvalue weighted by molar-refractivity contribution is 0.0189. The summed E-state index contributed by atoms with van der Waals surface area (Å²) in [7, 11) is 0. The fraction of sp³-hybridized carbons (Fsp3) is 0.636. The lowest BCUT2D eigenvalue weighted by Gasteiger charge is -2.51. The fourth-order valence-electron chi connectivity index (χ4n) is 4.41. The molecule has 1 aromatic carbocycles. The van der Waals surface area contributed by atoms with Gasteiger partial charge in [-0.15, -0.1) is 0 Å². The Hall–Kier alpha value is -1.22. The van der Waals surface area contributed by atoms with Crippen LogP contribution in [-0.4, -0.2) is 0 Å². The molecule has 0 unspecified atom stereocenters. The Morgan fingerprint density at radius 3 is 2.09 bits per heavy atom. The maximum Gasteiger partial charge on any atom is 0.0319 e. The highest BCUT2D eigenvalue weighted by Gasteiger charge is 2.47. The first-order valence-electron chi connectivity index (χ1n) is 9.31. The van der Waals surface area contributed by atoms with Crippen LogP contribution in [0.5, 0.6) is 0 Å². The molecule has 0 aromatic heterocycles. The molecular weight excluding hydrogens is 264 g/mol. The highest BCUT2D eigenvalue weighted by molar-refractivity contribution is 5.38. The van der Waals surface area contributed by atoms with Gasteiger partial charge in [-0.25, -0.2) is 0 Å². The summed E-state index contributed by atoms with van der Waals surface area (Å²) in [6.45, 7) is 4.52. The molecule has 0 amide bonds. The van der Waals surface area contributed by atoms with Crippen LogP contribution in [0.15, 0.2) is 24.3 Å². The van der Waals surface area contributed by atoms with Gasteiger partial charge in [0.1, 0.15) is 0 Å². The Labute approximate surface area is 136 Å². The monoisotopic (exact) mass is 294 g/mol. The van der Waals surface area contributed by atoms with Gasteiger partial charge in [0.2, 0.25) is 0 Å². The van der Waals surface area contributed by atoms with Crippen molar-refractivity contribution in [3.8, 4) is 11.8 Å². The van der Waals surface area contributed by atoms with E-state index in [1.54, 1.807) is 0 Å². The Bertz CT molecular complexity index is 527. The molecule has 118 valence electrons. The van der Waals surface area contributed by atoms with Crippen LogP contribution in [0.2, 0.25) is 0 Å². The third-order valence-electron chi connectivity index (χ3n) is 6.30. The van der Waals surface area contributed by atoms with Crippen molar-refractivity contribution in [3.63, 3.8) is 0 Å². The first-order valence-corrected chi connectivity index (χ1v) is 9.31. The maximum atomic E-state index is 3.70. The first-order chi connectivity index (χ1) is 10.7. The van der Waals surface area contributed by atoms with Crippen LogP contribution in [-0.2, 0) is 6.42 Å². The van der Waals surface area contributed by atoms with Gasteiger partial charge in [0.15, 0.2) is 0 Å². The minimum Gasteiger partial charge on any atom is -0.0911 e. The van der Waals surface area contributed by atoms with Crippen LogP contribution in [0, 0.1) is 22.7 Å². The number of aryl methyl sites for hydroxylation is 1. The third-order valence-corrected chi connectivity index (χ3v) is 6.30. The Balaban J connectivity index is 1.66. The van der Waals surface area contributed by atoms with Crippen LogP contribution >= 0.6 is 0 Å². The van der Waals surface area contributed by atoms with E-state index < -0.39 is 0 Å². The topological polar surface area (TPSA) is 0 Å². The number of unbranched alkanes of at least 4 members (excludes halogenated alkanes) is 1. The summed E-state index contributed by atoms with van der Waals surface area (Å²) in [4.78, 5) is 0. The number of benzene rings is 1. The fourth-order valence-corrected chi connectivity index (χ4v) is 4.41. The van der Waals surface area contributed by atoms with E-state index in [0.29, 0.717) is 10.8 Å². The Kier molecular flexibility index (Phi) is 4.62. The molecule has 2 bridgehead atoms. The van der Waals surface area contributed by atoms with Crippen LogP contribution in [0.3, 0.4) is 0 Å². The first kappa shape index (κ1) is 15.7. The molecular formula is C22H30. The van der Waals surface area contributed by atoms with E-state index in [0.717, 1.165) is 6.42 Å². The van der Waals surface area contributed by atoms with Gasteiger partial charge < -0.3 is 0 Å². The quantitative estimate of drug-likeness (QED) is 0.586. The van der Waals surface area contributed by atoms with Crippen molar-refractivity contribution in [1.29, 1.82) is 0 Å². The van der Waals surface area contributed by atoms with Gasteiger partial charge >= 0.3 is 0 Å². The van der Waals surface area contributed by atoms with Crippen LogP contribution < -0.4 is 0 Å². The zero-order chi connectivity index (χ0) is 15.5. The largest absolute Gasteiger partial charge is 0.0911 e. The van der Waals surface area contributed by atoms with Gasteiger partial charge in [-0.3, -0.25) is 0 Å². The molecule has 0 radical (unpaired) electrons. The van der Waals surface area contributed by atoms with E-state index in [-0.39, 0.29) is 0 Å². The summed E-state index contributed by atoms with van der Waals surface area (Å²) in [5.41, 5.74) is 3.64. The molecule has 0 spiro atoms. The predicted octanol–water partition coefficient (Wildman–Crippen LogP) is 6.13. The van der Waals surface area contributed by atoms with Gasteiger partial charge in [0.25, 0.3) is 0 Å². The van der Waals surface area contributed by atoms with Gasteiger partial charge in [-0.05, 0) is 74.5 Å². The van der Waals surface area contributed by atoms with E-state index in [1.165, 1.54) is 68.9 Å². The van der Waals surface area contributed by atoms with Gasteiger partial charge in [-0.2, -0.15) is 0 Å². The molecule has 0 heterocycles. The molecule has 0 N–H and O–H groups in total. The standard InChI is InChI=1S/C22H30/c1-3-5-11-21-13-16-22(17-14-21,18-15-21)12-10-20-8-6-19(4-2)7-9-20/h6-9H,3-5,11,13-18H2,1-2H3. The van der Waals surface area contributed by atoms with E-state index >= 15 is 0 Å². The normalized spacial score (nSPS) is 29.9. The molecule has 22 heavy (non-hydrogen) atoms. The lowest BCUT2D eigenvalue weighted by Crippen LogP contribution is -2.40. The number of hydrogen-bond acceptors (Lipinski definition) is 0. The van der Waals surface area contributed by atoms with E-state index in [1.807, 2.05) is 0 Å². The third kappa shape index (κ3) is 3.24. The van der Waals surface area contributed by atoms with Crippen molar-refractivity contribution in [2.45, 2.75) is 78.1 Å².